The summed E-state index contributed by atoms with van der Waals surface area (Å²) in [4.78, 5) is 7.87. The average molecular weight is 700 g/mol. The van der Waals surface area contributed by atoms with E-state index in [4.69, 9.17) is 13.1 Å². The maximum absolute atomic E-state index is 8.39. The van der Waals surface area contributed by atoms with Gasteiger partial charge in [0.25, 0.3) is 0 Å². The maximum atomic E-state index is 8.39. The molecule has 0 aliphatic carbocycles. The quantitative estimate of drug-likeness (QED) is 0.163. The van der Waals surface area contributed by atoms with Crippen molar-refractivity contribution in [1.82, 2.24) is 13.7 Å². The first-order chi connectivity index (χ1) is 27.2. The van der Waals surface area contributed by atoms with Gasteiger partial charge in [0.2, 0.25) is 5.69 Å². The van der Waals surface area contributed by atoms with Gasteiger partial charge in [-0.25, -0.2) is 9.69 Å². The Balaban J connectivity index is 1.15. The molecule has 5 nitrogen and oxygen atoms in total. The number of para-hydroxylation sites is 5. The Morgan fingerprint density at radius 2 is 0.855 bits per heavy atom. The molecule has 0 aliphatic heterocycles. The minimum atomic E-state index is 0.594. The molecule has 0 fully saturated rings. The molecule has 0 saturated heterocycles. The molecule has 0 atom stereocenters. The molecule has 0 bridgehead atoms. The number of benzene rings is 8. The maximum Gasteiger partial charge on any atom is 0.211 e. The number of rotatable bonds is 4. The summed E-state index contributed by atoms with van der Waals surface area (Å²) < 4.78 is 6.94. The predicted octanol–water partition coefficient (Wildman–Crippen LogP) is 13.7. The lowest BCUT2D eigenvalue weighted by Crippen LogP contribution is -1.99. The fourth-order valence-corrected chi connectivity index (χ4v) is 8.80. The molecule has 0 N–H and O–H groups in total. The van der Waals surface area contributed by atoms with E-state index in [0.717, 1.165) is 82.8 Å². The minimum Gasteiger partial charge on any atom is -0.319 e. The number of hydrogen-bond acceptors (Lipinski definition) is 0. The van der Waals surface area contributed by atoms with Crippen LogP contribution in [0.2, 0.25) is 0 Å². The van der Waals surface area contributed by atoms with Crippen LogP contribution in [-0.4, -0.2) is 13.7 Å². The van der Waals surface area contributed by atoms with Gasteiger partial charge in [-0.2, -0.15) is 0 Å². The van der Waals surface area contributed by atoms with Crippen molar-refractivity contribution in [1.29, 1.82) is 0 Å². The summed E-state index contributed by atoms with van der Waals surface area (Å²) in [5.41, 5.74) is 12.7. The minimum absolute atomic E-state index is 0.594. The van der Waals surface area contributed by atoms with E-state index in [1.54, 1.807) is 0 Å². The summed E-state index contributed by atoms with van der Waals surface area (Å²) in [6.07, 6.45) is 0. The van der Waals surface area contributed by atoms with Gasteiger partial charge in [0.05, 0.1) is 63.3 Å². The van der Waals surface area contributed by atoms with E-state index in [9.17, 15) is 0 Å². The SMILES string of the molecule is [C-]#[N+]c1ccc2c(c1)c1ccccc1n2-c1cccc2c1c1ccccc1n2-c1ccccc1-c1ccc(-n2c3ccccc3c3ccccc32)c([N+]#[C-])c1. The van der Waals surface area contributed by atoms with Crippen molar-refractivity contribution in [3.05, 3.63) is 199 Å². The molecular formula is C50H29N5. The van der Waals surface area contributed by atoms with Crippen LogP contribution in [-0.2, 0) is 0 Å². The number of fused-ring (bicyclic) bond motifs is 9. The van der Waals surface area contributed by atoms with Crippen LogP contribution in [0.15, 0.2) is 176 Å². The Bertz CT molecular complexity index is 3420. The topological polar surface area (TPSA) is 23.5 Å². The fourth-order valence-electron chi connectivity index (χ4n) is 8.80. The predicted molar refractivity (Wildman–Crippen MR) is 227 cm³/mol. The van der Waals surface area contributed by atoms with Crippen molar-refractivity contribution < 1.29 is 0 Å². The van der Waals surface area contributed by atoms with Crippen molar-refractivity contribution in [2.45, 2.75) is 0 Å². The third-order valence-electron chi connectivity index (χ3n) is 11.1. The zero-order valence-corrected chi connectivity index (χ0v) is 29.5. The molecule has 0 spiro atoms. The normalized spacial score (nSPS) is 11.6. The Morgan fingerprint density at radius 3 is 1.53 bits per heavy atom. The van der Waals surface area contributed by atoms with Crippen LogP contribution < -0.4 is 0 Å². The molecule has 0 amide bonds. The standard InChI is InChI=1S/C50H29N5/c1-51-33-27-29-46-39(31-33)37-17-6-11-22-44(37)55(46)49-25-13-24-48-50(49)38-18-7-12-23-45(38)54(48)41-19-8-3-14-34(41)32-26-28-47(40(30-32)52-2)53-42-20-9-4-15-35(42)36-16-5-10-21-43(36)53/h3-31H. The molecule has 0 saturated carbocycles. The molecule has 0 radical (unpaired) electrons. The van der Waals surface area contributed by atoms with Gasteiger partial charge in [-0.15, -0.1) is 0 Å². The monoisotopic (exact) mass is 699 g/mol. The third-order valence-corrected chi connectivity index (χ3v) is 11.1. The molecule has 11 rings (SSSR count). The van der Waals surface area contributed by atoms with E-state index < -0.39 is 0 Å². The van der Waals surface area contributed by atoms with Crippen LogP contribution in [0.3, 0.4) is 0 Å². The van der Waals surface area contributed by atoms with E-state index in [2.05, 4.69) is 181 Å². The van der Waals surface area contributed by atoms with Crippen molar-refractivity contribution >= 4 is 76.8 Å². The van der Waals surface area contributed by atoms with Crippen LogP contribution in [0.25, 0.3) is 103 Å². The van der Waals surface area contributed by atoms with Crippen molar-refractivity contribution in [3.8, 4) is 28.2 Å². The molecule has 3 aromatic heterocycles. The highest BCUT2D eigenvalue weighted by molar-refractivity contribution is 6.17. The molecular weight excluding hydrogens is 671 g/mol. The fraction of sp³-hybridized carbons (Fsp3) is 0. The van der Waals surface area contributed by atoms with E-state index in [1.807, 2.05) is 18.2 Å². The van der Waals surface area contributed by atoms with Gasteiger partial charge in [0.1, 0.15) is 0 Å². The molecule has 5 heteroatoms. The molecule has 3 heterocycles. The van der Waals surface area contributed by atoms with Crippen LogP contribution >= 0.6 is 0 Å². The second-order valence-electron chi connectivity index (χ2n) is 13.9. The number of aromatic nitrogens is 3. The van der Waals surface area contributed by atoms with Gasteiger partial charge >= 0.3 is 0 Å². The first-order valence-electron chi connectivity index (χ1n) is 18.3. The molecule has 0 unspecified atom stereocenters. The second kappa shape index (κ2) is 11.8. The lowest BCUT2D eigenvalue weighted by atomic mass is 10.0. The summed E-state index contributed by atoms with van der Waals surface area (Å²) in [5.74, 6) is 0. The van der Waals surface area contributed by atoms with Gasteiger partial charge in [0.15, 0.2) is 5.69 Å². The average Bonchev–Trinajstić information content (AvgIpc) is 3.89. The molecule has 11 aromatic rings. The van der Waals surface area contributed by atoms with Crippen LogP contribution in [0.4, 0.5) is 11.4 Å². The van der Waals surface area contributed by atoms with Gasteiger partial charge in [-0.1, -0.05) is 109 Å². The van der Waals surface area contributed by atoms with Crippen molar-refractivity contribution in [2.75, 3.05) is 0 Å². The van der Waals surface area contributed by atoms with E-state index in [0.29, 0.717) is 11.4 Å². The smallest absolute Gasteiger partial charge is 0.211 e. The summed E-state index contributed by atoms with van der Waals surface area (Å²) in [7, 11) is 0. The van der Waals surface area contributed by atoms with E-state index in [1.165, 1.54) is 10.8 Å². The molecule has 254 valence electrons. The summed E-state index contributed by atoms with van der Waals surface area (Å²) in [6.45, 7) is 16.1. The van der Waals surface area contributed by atoms with Gasteiger partial charge in [-0.3, -0.25) is 0 Å². The Hall–Kier alpha value is -7.86. The first kappa shape index (κ1) is 30.7. The van der Waals surface area contributed by atoms with Crippen LogP contribution in [0.5, 0.6) is 0 Å². The molecule has 8 aromatic carbocycles. The van der Waals surface area contributed by atoms with Gasteiger partial charge < -0.3 is 13.7 Å². The van der Waals surface area contributed by atoms with Gasteiger partial charge in [0, 0.05) is 32.5 Å². The van der Waals surface area contributed by atoms with Crippen molar-refractivity contribution in [2.24, 2.45) is 0 Å². The van der Waals surface area contributed by atoms with Gasteiger partial charge in [-0.05, 0) is 77.7 Å². The zero-order valence-electron chi connectivity index (χ0n) is 29.5. The van der Waals surface area contributed by atoms with Crippen LogP contribution in [0.1, 0.15) is 0 Å². The Kier molecular flexibility index (Phi) is 6.61. The van der Waals surface area contributed by atoms with E-state index >= 15 is 0 Å². The Morgan fingerprint density at radius 1 is 0.345 bits per heavy atom. The lowest BCUT2D eigenvalue weighted by Gasteiger charge is -2.16. The first-order valence-corrected chi connectivity index (χ1v) is 18.3. The largest absolute Gasteiger partial charge is 0.319 e. The summed E-state index contributed by atoms with van der Waals surface area (Å²) in [5, 5.41) is 6.82. The number of hydrogen-bond donors (Lipinski definition) is 0. The highest BCUT2D eigenvalue weighted by atomic mass is 15.0. The summed E-state index contributed by atoms with van der Waals surface area (Å²) in [6, 6.07) is 61.2. The van der Waals surface area contributed by atoms with E-state index in [-0.39, 0.29) is 0 Å². The molecule has 0 aliphatic rings. The van der Waals surface area contributed by atoms with Crippen molar-refractivity contribution in [3.63, 3.8) is 0 Å². The van der Waals surface area contributed by atoms with Crippen LogP contribution in [0, 0.1) is 13.1 Å². The highest BCUT2D eigenvalue weighted by Crippen LogP contribution is 2.43. The third kappa shape index (κ3) is 4.39. The lowest BCUT2D eigenvalue weighted by molar-refractivity contribution is 1.17. The second-order valence-corrected chi connectivity index (χ2v) is 13.9. The highest BCUT2D eigenvalue weighted by Gasteiger charge is 2.22. The Labute approximate surface area is 316 Å². The zero-order chi connectivity index (χ0) is 36.6. The summed E-state index contributed by atoms with van der Waals surface area (Å²) >= 11 is 0. The number of nitrogens with zero attached hydrogens (tertiary/aromatic N) is 5. The molecule has 55 heavy (non-hydrogen) atoms.